The molecule has 0 aromatic carbocycles. The zero-order chi connectivity index (χ0) is 27.6. The number of carbonyl (C=O) groups is 2. The number of ether oxygens (including phenoxy) is 1. The monoisotopic (exact) mass is 540 g/mol. The summed E-state index contributed by atoms with van der Waals surface area (Å²) >= 11 is 0. The second-order valence-electron chi connectivity index (χ2n) is 9.52. The molecule has 0 bridgehead atoms. The van der Waals surface area contributed by atoms with Crippen molar-refractivity contribution in [3.8, 4) is 6.01 Å². The van der Waals surface area contributed by atoms with Crippen LogP contribution in [-0.4, -0.2) is 69.8 Å². The van der Waals surface area contributed by atoms with Gasteiger partial charge in [-0.1, -0.05) is 0 Å². The Labute approximate surface area is 215 Å². The minimum atomic E-state index is -4.65. The van der Waals surface area contributed by atoms with Gasteiger partial charge < -0.3 is 26.4 Å². The van der Waals surface area contributed by atoms with E-state index in [2.05, 4.69) is 19.9 Å². The normalized spacial score (nSPS) is 20.9. The third-order valence-corrected chi connectivity index (χ3v) is 6.65. The Bertz CT molecular complexity index is 1180. The number of rotatable bonds is 8. The lowest BCUT2D eigenvalue weighted by Gasteiger charge is -2.32. The molecule has 1 aliphatic heterocycles. The van der Waals surface area contributed by atoms with Gasteiger partial charge >= 0.3 is 12.2 Å². The number of nitrogens with one attached hydrogen (secondary N) is 1. The van der Waals surface area contributed by atoms with E-state index in [-0.39, 0.29) is 41.8 Å². The molecule has 2 aliphatic rings. The molecule has 1 saturated carbocycles. The van der Waals surface area contributed by atoms with Crippen molar-refractivity contribution >= 4 is 23.5 Å². The number of piperidine rings is 1. The molecule has 206 valence electrons. The minimum Gasteiger partial charge on any atom is -0.463 e. The van der Waals surface area contributed by atoms with Crippen molar-refractivity contribution < 1.29 is 31.9 Å². The first kappa shape index (κ1) is 27.3. The van der Waals surface area contributed by atoms with E-state index in [0.717, 1.165) is 6.92 Å². The molecule has 1 atom stereocenters. The highest BCUT2D eigenvalue weighted by Gasteiger charge is 2.38. The second-order valence-corrected chi connectivity index (χ2v) is 9.52. The van der Waals surface area contributed by atoms with Crippen LogP contribution in [0.3, 0.4) is 0 Å². The Morgan fingerprint density at radius 3 is 2.45 bits per heavy atom. The van der Waals surface area contributed by atoms with Crippen LogP contribution in [0, 0.1) is 5.92 Å². The summed E-state index contributed by atoms with van der Waals surface area (Å²) in [6.45, 7) is 1.74. The van der Waals surface area contributed by atoms with Crippen LogP contribution in [-0.2, 0) is 0 Å². The summed E-state index contributed by atoms with van der Waals surface area (Å²) < 4.78 is 57.6. The molecule has 2 amide bonds. The molecule has 2 fully saturated rings. The molecule has 0 spiro atoms. The fourth-order valence-electron chi connectivity index (χ4n) is 4.26. The maximum atomic E-state index is 13.1. The van der Waals surface area contributed by atoms with Gasteiger partial charge in [0.25, 0.3) is 11.8 Å². The summed E-state index contributed by atoms with van der Waals surface area (Å²) in [4.78, 5) is 42.4. The van der Waals surface area contributed by atoms with Crippen LogP contribution in [0.15, 0.2) is 12.1 Å². The van der Waals surface area contributed by atoms with Crippen LogP contribution in [0.5, 0.6) is 6.01 Å². The fraction of sp³-hybridized carbons (Fsp3) is 0.565. The molecule has 4 rings (SSSR count). The number of pyridine rings is 1. The summed E-state index contributed by atoms with van der Waals surface area (Å²) in [5, 5.41) is 1.84. The van der Waals surface area contributed by atoms with Crippen LogP contribution >= 0.6 is 0 Å². The van der Waals surface area contributed by atoms with Gasteiger partial charge in [-0.05, 0) is 50.7 Å². The van der Waals surface area contributed by atoms with Crippen LogP contribution < -0.4 is 26.4 Å². The second kappa shape index (κ2) is 10.9. The lowest BCUT2D eigenvalue weighted by Crippen LogP contribution is -2.44. The lowest BCUT2D eigenvalue weighted by molar-refractivity contribution is -0.149. The van der Waals surface area contributed by atoms with E-state index in [4.69, 9.17) is 16.2 Å². The minimum absolute atomic E-state index is 0.00142. The summed E-state index contributed by atoms with van der Waals surface area (Å²) in [5.74, 6) is -2.37. The van der Waals surface area contributed by atoms with E-state index >= 15 is 0 Å². The first-order valence-electron chi connectivity index (χ1n) is 12.1. The lowest BCUT2D eigenvalue weighted by atomic mass is 9.84. The molecule has 1 aliphatic carbocycles. The molecule has 11 nitrogen and oxygen atoms in total. The van der Waals surface area contributed by atoms with Crippen LogP contribution in [0.2, 0.25) is 0 Å². The smallest absolute Gasteiger partial charge is 0.408 e. The van der Waals surface area contributed by atoms with Gasteiger partial charge in [0.1, 0.15) is 12.2 Å². The number of nitrogens with two attached hydrogens (primary N) is 2. The van der Waals surface area contributed by atoms with Gasteiger partial charge in [-0.3, -0.25) is 9.59 Å². The number of nitrogen functional groups attached to an aromatic ring is 1. The molecule has 0 radical (unpaired) electrons. The van der Waals surface area contributed by atoms with Crippen molar-refractivity contribution in [2.45, 2.75) is 56.9 Å². The Kier molecular flexibility index (Phi) is 7.83. The highest BCUT2D eigenvalue weighted by atomic mass is 19.4. The zero-order valence-electron chi connectivity index (χ0n) is 20.5. The third-order valence-electron chi connectivity index (χ3n) is 6.65. The van der Waals surface area contributed by atoms with Gasteiger partial charge in [0.15, 0.2) is 5.69 Å². The average molecular weight is 541 g/mol. The van der Waals surface area contributed by atoms with Crippen molar-refractivity contribution in [1.29, 1.82) is 0 Å². The molecule has 38 heavy (non-hydrogen) atoms. The van der Waals surface area contributed by atoms with Crippen molar-refractivity contribution in [1.82, 2.24) is 25.3 Å². The van der Waals surface area contributed by atoms with Gasteiger partial charge in [-0.2, -0.15) is 28.1 Å². The van der Waals surface area contributed by atoms with Crippen molar-refractivity contribution in [3.05, 3.63) is 29.3 Å². The van der Waals surface area contributed by atoms with E-state index in [0.29, 0.717) is 44.5 Å². The molecular formula is C23H28F4N8O3. The summed E-state index contributed by atoms with van der Waals surface area (Å²) in [6, 6.07) is 0.953. The first-order chi connectivity index (χ1) is 17.9. The SMILES string of the molecule is C[C@H](NC(=O)c1nc(OCC2CC(F)C2)nc(N2CCC(c3ccc(N)c(C(N)=O)n3)CC2)n1)C(F)(F)F. The molecule has 2 aromatic rings. The summed E-state index contributed by atoms with van der Waals surface area (Å²) in [7, 11) is 0. The highest BCUT2D eigenvalue weighted by molar-refractivity contribution is 5.95. The summed E-state index contributed by atoms with van der Waals surface area (Å²) in [5.41, 5.74) is 11.9. The molecule has 2 aromatic heterocycles. The third kappa shape index (κ3) is 6.37. The fourth-order valence-corrected chi connectivity index (χ4v) is 4.26. The Morgan fingerprint density at radius 1 is 1.16 bits per heavy atom. The standard InChI is InChI=1S/C23H28F4N8O3/c1-11(23(25,26)27)30-20(37)19-32-21(34-22(33-19)38-10-12-8-14(24)9-12)35-6-4-13(5-7-35)16-3-2-15(28)17(31-16)18(29)36/h2-3,11-14H,4-10,28H2,1H3,(H2,29,36)(H,30,37)/t11-,12?,14?/m0/s1. The maximum absolute atomic E-state index is 13.1. The number of hydrogen-bond donors (Lipinski definition) is 3. The molecule has 1 saturated heterocycles. The molecular weight excluding hydrogens is 512 g/mol. The zero-order valence-corrected chi connectivity index (χ0v) is 20.5. The van der Waals surface area contributed by atoms with E-state index < -0.39 is 36.0 Å². The number of alkyl halides is 4. The average Bonchev–Trinajstić information content (AvgIpc) is 2.85. The van der Waals surface area contributed by atoms with Gasteiger partial charge in [0.2, 0.25) is 11.8 Å². The molecule has 0 unspecified atom stereocenters. The van der Waals surface area contributed by atoms with Crippen LogP contribution in [0.1, 0.15) is 65.3 Å². The van der Waals surface area contributed by atoms with E-state index in [1.807, 2.05) is 5.32 Å². The van der Waals surface area contributed by atoms with Crippen molar-refractivity contribution in [2.24, 2.45) is 11.7 Å². The molecule has 3 heterocycles. The number of carbonyl (C=O) groups excluding carboxylic acids is 2. The number of primary amides is 1. The van der Waals surface area contributed by atoms with Crippen LogP contribution in [0.4, 0.5) is 29.2 Å². The maximum Gasteiger partial charge on any atom is 0.408 e. The van der Waals surface area contributed by atoms with Gasteiger partial charge in [0, 0.05) is 24.7 Å². The molecule has 15 heteroatoms. The number of hydrogen-bond acceptors (Lipinski definition) is 9. The first-order valence-corrected chi connectivity index (χ1v) is 12.1. The number of aromatic nitrogens is 4. The van der Waals surface area contributed by atoms with E-state index in [1.54, 1.807) is 17.0 Å². The predicted octanol–water partition coefficient (Wildman–Crippen LogP) is 2.14. The van der Waals surface area contributed by atoms with Crippen LogP contribution in [0.25, 0.3) is 0 Å². The number of nitrogens with zero attached hydrogens (tertiary/aromatic N) is 5. The van der Waals surface area contributed by atoms with E-state index in [9.17, 15) is 27.2 Å². The Morgan fingerprint density at radius 2 is 1.84 bits per heavy atom. The van der Waals surface area contributed by atoms with Gasteiger partial charge in [-0.25, -0.2) is 9.37 Å². The number of amides is 2. The quantitative estimate of drug-likeness (QED) is 0.426. The van der Waals surface area contributed by atoms with Crippen molar-refractivity contribution in [3.63, 3.8) is 0 Å². The van der Waals surface area contributed by atoms with Gasteiger partial charge in [-0.15, -0.1) is 0 Å². The Balaban J connectivity index is 1.50. The Hall–Kier alpha value is -3.78. The van der Waals surface area contributed by atoms with E-state index in [1.165, 1.54) is 0 Å². The highest BCUT2D eigenvalue weighted by Crippen LogP contribution is 2.32. The number of anilines is 2. The largest absolute Gasteiger partial charge is 0.463 e. The van der Waals surface area contributed by atoms with Gasteiger partial charge in [0.05, 0.1) is 12.3 Å². The number of halogens is 4. The topological polar surface area (TPSA) is 162 Å². The van der Waals surface area contributed by atoms with Crippen molar-refractivity contribution in [2.75, 3.05) is 30.3 Å². The predicted molar refractivity (Wildman–Crippen MR) is 127 cm³/mol. The summed E-state index contributed by atoms with van der Waals surface area (Å²) in [6.07, 6.45) is -3.73. The molecule has 5 N–H and O–H groups in total.